The molecule has 2 aromatic rings. The third-order valence-corrected chi connectivity index (χ3v) is 3.31. The summed E-state index contributed by atoms with van der Waals surface area (Å²) in [6.07, 6.45) is 0. The average Bonchev–Trinajstić information content (AvgIpc) is 2.44. The van der Waals surface area contributed by atoms with E-state index >= 15 is 0 Å². The molecule has 0 aliphatic heterocycles. The van der Waals surface area contributed by atoms with Crippen molar-refractivity contribution in [2.24, 2.45) is 0 Å². The summed E-state index contributed by atoms with van der Waals surface area (Å²) in [4.78, 5) is 4.18. The Morgan fingerprint density at radius 1 is 1.46 bits per heavy atom. The molecule has 1 unspecified atom stereocenters. The zero-order valence-electron chi connectivity index (χ0n) is 6.60. The highest BCUT2D eigenvalue weighted by Crippen LogP contribution is 2.21. The standard InChI is InChI=1S/C8H7NO2S2/c10-13(11)5-8-9-6-3-1-2-4-7(6)12-8/h1-4H,5H2,(H,10,11)/p-1. The molecule has 0 bridgehead atoms. The van der Waals surface area contributed by atoms with Crippen molar-refractivity contribution in [1.82, 2.24) is 4.98 Å². The van der Waals surface area contributed by atoms with Gasteiger partial charge in [0.1, 0.15) is 5.01 Å². The highest BCUT2D eigenvalue weighted by Gasteiger charge is 2.01. The summed E-state index contributed by atoms with van der Waals surface area (Å²) in [5, 5.41) is 0.648. The quantitative estimate of drug-likeness (QED) is 0.711. The number of hydrogen-bond acceptors (Lipinski definition) is 4. The zero-order valence-corrected chi connectivity index (χ0v) is 8.23. The van der Waals surface area contributed by atoms with Crippen LogP contribution in [0.15, 0.2) is 24.3 Å². The summed E-state index contributed by atoms with van der Waals surface area (Å²) in [5.41, 5.74) is 0.868. The first-order chi connectivity index (χ1) is 6.25. The van der Waals surface area contributed by atoms with Gasteiger partial charge in [0.25, 0.3) is 0 Å². The van der Waals surface area contributed by atoms with Crippen LogP contribution in [0.1, 0.15) is 5.01 Å². The number of hydrogen-bond donors (Lipinski definition) is 0. The molecule has 0 N–H and O–H groups in total. The molecule has 1 heterocycles. The van der Waals surface area contributed by atoms with Gasteiger partial charge in [0.05, 0.1) is 16.0 Å². The van der Waals surface area contributed by atoms with Gasteiger partial charge in [-0.25, -0.2) is 4.98 Å². The Bertz CT molecular complexity index is 419. The van der Waals surface area contributed by atoms with Crippen LogP contribution < -0.4 is 0 Å². The Kier molecular flexibility index (Phi) is 2.39. The van der Waals surface area contributed by atoms with E-state index in [1.165, 1.54) is 11.3 Å². The third-order valence-electron chi connectivity index (χ3n) is 1.58. The summed E-state index contributed by atoms with van der Waals surface area (Å²) < 4.78 is 21.9. The first kappa shape index (κ1) is 8.80. The molecule has 1 aromatic heterocycles. The van der Waals surface area contributed by atoms with Gasteiger partial charge >= 0.3 is 0 Å². The average molecular weight is 212 g/mol. The lowest BCUT2D eigenvalue weighted by atomic mass is 10.3. The molecule has 2 rings (SSSR count). The maximum Gasteiger partial charge on any atom is 0.105 e. The van der Waals surface area contributed by atoms with Gasteiger partial charge < -0.3 is 4.55 Å². The molecule has 0 aliphatic rings. The van der Waals surface area contributed by atoms with Crippen molar-refractivity contribution in [3.05, 3.63) is 29.3 Å². The van der Waals surface area contributed by atoms with Gasteiger partial charge in [-0.05, 0) is 23.2 Å². The Hall–Kier alpha value is -0.780. The molecule has 0 amide bonds. The molecule has 0 aliphatic carbocycles. The van der Waals surface area contributed by atoms with Crippen LogP contribution in [0.25, 0.3) is 10.2 Å². The Balaban J connectivity index is 2.44. The normalized spacial score (nSPS) is 13.3. The van der Waals surface area contributed by atoms with E-state index in [1.54, 1.807) is 0 Å². The smallest absolute Gasteiger partial charge is 0.105 e. The lowest BCUT2D eigenvalue weighted by molar-refractivity contribution is 0.536. The van der Waals surface area contributed by atoms with Crippen molar-refractivity contribution in [3.8, 4) is 0 Å². The van der Waals surface area contributed by atoms with Crippen molar-refractivity contribution < 1.29 is 8.76 Å². The summed E-state index contributed by atoms with van der Waals surface area (Å²) in [6.45, 7) is 0. The minimum absolute atomic E-state index is 0.0132. The second-order valence-corrected chi connectivity index (χ2v) is 4.53. The highest BCUT2D eigenvalue weighted by molar-refractivity contribution is 7.78. The van der Waals surface area contributed by atoms with Crippen LogP contribution in [0, 0.1) is 0 Å². The second kappa shape index (κ2) is 3.53. The number of para-hydroxylation sites is 1. The first-order valence-electron chi connectivity index (χ1n) is 3.66. The molecular weight excluding hydrogens is 206 g/mol. The lowest BCUT2D eigenvalue weighted by Gasteiger charge is -1.98. The van der Waals surface area contributed by atoms with Crippen molar-refractivity contribution >= 4 is 32.6 Å². The van der Waals surface area contributed by atoms with E-state index in [1.807, 2.05) is 24.3 Å². The molecule has 0 saturated heterocycles. The van der Waals surface area contributed by atoms with E-state index in [0.717, 1.165) is 10.2 Å². The third kappa shape index (κ3) is 1.93. The van der Waals surface area contributed by atoms with Gasteiger partial charge in [-0.3, -0.25) is 4.21 Å². The maximum absolute atomic E-state index is 10.4. The van der Waals surface area contributed by atoms with Gasteiger partial charge in [-0.1, -0.05) is 12.1 Å². The summed E-state index contributed by atoms with van der Waals surface area (Å²) in [5.74, 6) is 0.0132. The van der Waals surface area contributed by atoms with Crippen LogP contribution in [0.5, 0.6) is 0 Å². The molecule has 5 heteroatoms. The van der Waals surface area contributed by atoms with Crippen LogP contribution in [0.4, 0.5) is 0 Å². The van der Waals surface area contributed by atoms with Crippen molar-refractivity contribution in [2.45, 2.75) is 5.75 Å². The fourth-order valence-corrected chi connectivity index (χ4v) is 2.64. The van der Waals surface area contributed by atoms with Gasteiger partial charge in [-0.2, -0.15) is 0 Å². The lowest BCUT2D eigenvalue weighted by Crippen LogP contribution is -1.91. The molecule has 1 atom stereocenters. The fraction of sp³-hybridized carbons (Fsp3) is 0.125. The molecule has 0 spiro atoms. The van der Waals surface area contributed by atoms with Crippen LogP contribution >= 0.6 is 11.3 Å². The number of rotatable bonds is 2. The van der Waals surface area contributed by atoms with E-state index < -0.39 is 11.1 Å². The van der Waals surface area contributed by atoms with Gasteiger partial charge in [0.2, 0.25) is 0 Å². The van der Waals surface area contributed by atoms with Crippen LogP contribution in [-0.4, -0.2) is 13.7 Å². The molecule has 3 nitrogen and oxygen atoms in total. The molecular formula is C8H6NO2S2-. The molecule has 0 fully saturated rings. The second-order valence-electron chi connectivity index (χ2n) is 2.52. The van der Waals surface area contributed by atoms with E-state index in [-0.39, 0.29) is 5.75 Å². The Morgan fingerprint density at radius 2 is 2.23 bits per heavy atom. The summed E-state index contributed by atoms with van der Waals surface area (Å²) in [7, 11) is 0. The monoisotopic (exact) mass is 212 g/mol. The molecule has 0 radical (unpaired) electrons. The maximum atomic E-state index is 10.4. The Labute approximate surface area is 81.7 Å². The van der Waals surface area contributed by atoms with Crippen LogP contribution in [0.2, 0.25) is 0 Å². The summed E-state index contributed by atoms with van der Waals surface area (Å²) in [6, 6.07) is 7.62. The van der Waals surface area contributed by atoms with E-state index in [2.05, 4.69) is 4.98 Å². The fourth-order valence-electron chi connectivity index (χ4n) is 1.08. The van der Waals surface area contributed by atoms with Crippen LogP contribution in [-0.2, 0) is 16.8 Å². The highest BCUT2D eigenvalue weighted by atomic mass is 32.2. The number of benzene rings is 1. The van der Waals surface area contributed by atoms with E-state index in [4.69, 9.17) is 0 Å². The van der Waals surface area contributed by atoms with Gasteiger partial charge in [0, 0.05) is 0 Å². The SMILES string of the molecule is O=S([O-])Cc1nc2ccccc2s1. The topological polar surface area (TPSA) is 53.0 Å². The minimum atomic E-state index is -2.05. The molecule has 0 saturated carbocycles. The number of aromatic nitrogens is 1. The molecule has 68 valence electrons. The van der Waals surface area contributed by atoms with Gasteiger partial charge in [-0.15, -0.1) is 11.3 Å². The predicted octanol–water partition coefficient (Wildman–Crippen LogP) is 1.68. The molecule has 1 aromatic carbocycles. The zero-order chi connectivity index (χ0) is 9.26. The predicted molar refractivity (Wildman–Crippen MR) is 52.2 cm³/mol. The van der Waals surface area contributed by atoms with E-state index in [9.17, 15) is 8.76 Å². The van der Waals surface area contributed by atoms with Crippen molar-refractivity contribution in [2.75, 3.05) is 0 Å². The first-order valence-corrected chi connectivity index (χ1v) is 5.72. The van der Waals surface area contributed by atoms with E-state index in [0.29, 0.717) is 5.01 Å². The molecule has 13 heavy (non-hydrogen) atoms. The summed E-state index contributed by atoms with van der Waals surface area (Å²) >= 11 is -0.624. The largest absolute Gasteiger partial charge is 0.772 e. The van der Waals surface area contributed by atoms with Crippen LogP contribution in [0.3, 0.4) is 0 Å². The number of fused-ring (bicyclic) bond motifs is 1. The van der Waals surface area contributed by atoms with Crippen molar-refractivity contribution in [3.63, 3.8) is 0 Å². The minimum Gasteiger partial charge on any atom is -0.772 e. The Morgan fingerprint density at radius 3 is 2.92 bits per heavy atom. The number of thiazole rings is 1. The van der Waals surface area contributed by atoms with Gasteiger partial charge in [0.15, 0.2) is 0 Å². The number of nitrogens with zero attached hydrogens (tertiary/aromatic N) is 1. The van der Waals surface area contributed by atoms with Crippen molar-refractivity contribution in [1.29, 1.82) is 0 Å².